The number of urea groups is 2. The van der Waals surface area contributed by atoms with Gasteiger partial charge in [-0.1, -0.05) is 43.8 Å². The minimum atomic E-state index is -1.04. The summed E-state index contributed by atoms with van der Waals surface area (Å²) in [6.45, 7) is 7.16. The Morgan fingerprint density at radius 3 is 1.88 bits per heavy atom. The summed E-state index contributed by atoms with van der Waals surface area (Å²) in [4.78, 5) is 19.3. The van der Waals surface area contributed by atoms with Crippen LogP contribution in [0, 0.1) is 11.3 Å². The lowest BCUT2D eigenvalue weighted by atomic mass is 9.73. The molecule has 0 aromatic heterocycles. The van der Waals surface area contributed by atoms with Gasteiger partial charge < -0.3 is 11.5 Å². The molecule has 1 rings (SSSR count). The third-order valence-corrected chi connectivity index (χ3v) is 2.70. The molecule has 1 unspecified atom stereocenters. The maximum absolute atomic E-state index is 9.66. The highest BCUT2D eigenvalue weighted by Gasteiger charge is 2.24. The third-order valence-electron chi connectivity index (χ3n) is 2.70. The number of rotatable bonds is 0. The van der Waals surface area contributed by atoms with E-state index >= 15 is 0 Å². The predicted octanol–water partition coefficient (Wildman–Crippen LogP) is 2.82. The summed E-state index contributed by atoms with van der Waals surface area (Å²) >= 11 is 0. The van der Waals surface area contributed by atoms with Crippen LogP contribution in [0.5, 0.6) is 0 Å². The zero-order valence-electron chi connectivity index (χ0n) is 10.8. The Hall–Kier alpha value is -1.46. The first-order valence-electron chi connectivity index (χ1n) is 5.73. The zero-order chi connectivity index (χ0) is 13.5. The summed E-state index contributed by atoms with van der Waals surface area (Å²) in [7, 11) is 0. The molecule has 0 saturated heterocycles. The van der Waals surface area contributed by atoms with Gasteiger partial charge in [0.25, 0.3) is 0 Å². The molecule has 1 aliphatic rings. The van der Waals surface area contributed by atoms with E-state index in [1.807, 2.05) is 0 Å². The van der Waals surface area contributed by atoms with Crippen LogP contribution in [-0.2, 0) is 0 Å². The van der Waals surface area contributed by atoms with E-state index in [4.69, 9.17) is 0 Å². The molecule has 4 amide bonds. The summed E-state index contributed by atoms with van der Waals surface area (Å²) < 4.78 is 0. The number of carbonyl (C=O) groups is 2. The van der Waals surface area contributed by atoms with Gasteiger partial charge in [0.2, 0.25) is 0 Å². The maximum atomic E-state index is 9.66. The molecular formula is C11H22N4O2. The molecule has 98 valence electrons. The van der Waals surface area contributed by atoms with E-state index in [0.717, 1.165) is 5.92 Å². The van der Waals surface area contributed by atoms with E-state index in [1.54, 1.807) is 0 Å². The molecule has 0 aromatic rings. The zero-order valence-corrected chi connectivity index (χ0v) is 10.8. The molecule has 0 aliphatic heterocycles. The number of carbonyl (C=O) groups excluding carboxylic acids is 2. The number of nitrogens with zero attached hydrogens (tertiary/aromatic N) is 2. The molecule has 0 aromatic carbocycles. The van der Waals surface area contributed by atoms with Gasteiger partial charge in [-0.2, -0.15) is 0 Å². The van der Waals surface area contributed by atoms with Crippen molar-refractivity contribution < 1.29 is 9.59 Å². The lowest BCUT2D eigenvalue weighted by Crippen LogP contribution is -2.20. The number of hydrogen-bond acceptors (Lipinski definition) is 2. The molecule has 1 fully saturated rings. The van der Waals surface area contributed by atoms with Crippen molar-refractivity contribution in [3.05, 3.63) is 0 Å². The van der Waals surface area contributed by atoms with Gasteiger partial charge in [-0.05, 0) is 24.2 Å². The smallest absolute Gasteiger partial charge is 0.348 e. The van der Waals surface area contributed by atoms with Crippen molar-refractivity contribution in [1.29, 1.82) is 0 Å². The highest BCUT2D eigenvalue weighted by Crippen LogP contribution is 2.37. The summed E-state index contributed by atoms with van der Waals surface area (Å²) in [5, 5.41) is 5.23. The lowest BCUT2D eigenvalue weighted by Gasteiger charge is -2.33. The lowest BCUT2D eigenvalue weighted by molar-refractivity contribution is 0.191. The number of azo groups is 1. The van der Waals surface area contributed by atoms with E-state index in [9.17, 15) is 9.59 Å². The standard InChI is InChI=1S/C9H18.C2H4N4O2/c1-8-5-4-6-9(2,3)7-8;3-1(7)5-6-2(4)8/h8H,4-7H2,1-3H3;(H2,3,7)(H2,4,8)/b;6-5+. The van der Waals surface area contributed by atoms with Crippen molar-refractivity contribution in [3.8, 4) is 0 Å². The van der Waals surface area contributed by atoms with Crippen LogP contribution in [-0.4, -0.2) is 12.1 Å². The van der Waals surface area contributed by atoms with Gasteiger partial charge in [-0.25, -0.2) is 9.59 Å². The monoisotopic (exact) mass is 242 g/mol. The second-order valence-electron chi connectivity index (χ2n) is 5.24. The minimum absolute atomic E-state index is 0.650. The van der Waals surface area contributed by atoms with Gasteiger partial charge in [-0.15, -0.1) is 0 Å². The second kappa shape index (κ2) is 6.98. The fourth-order valence-electron chi connectivity index (χ4n) is 2.18. The van der Waals surface area contributed by atoms with Gasteiger partial charge in [0.1, 0.15) is 0 Å². The molecule has 6 nitrogen and oxygen atoms in total. The normalized spacial score (nSPS) is 22.6. The van der Waals surface area contributed by atoms with E-state index in [1.165, 1.54) is 25.7 Å². The molecular weight excluding hydrogens is 220 g/mol. The van der Waals surface area contributed by atoms with Gasteiger partial charge in [0.15, 0.2) is 0 Å². The van der Waals surface area contributed by atoms with Crippen molar-refractivity contribution in [1.82, 2.24) is 0 Å². The topological polar surface area (TPSA) is 111 Å². The Bertz CT molecular complexity index is 284. The molecule has 4 N–H and O–H groups in total. The number of primary amides is 2. The predicted molar refractivity (Wildman–Crippen MR) is 65.4 cm³/mol. The van der Waals surface area contributed by atoms with Crippen LogP contribution in [0.2, 0.25) is 0 Å². The van der Waals surface area contributed by atoms with Crippen molar-refractivity contribution in [3.63, 3.8) is 0 Å². The Labute approximate surface area is 102 Å². The van der Waals surface area contributed by atoms with Crippen molar-refractivity contribution in [2.45, 2.75) is 46.5 Å². The molecule has 1 saturated carbocycles. The molecule has 0 heterocycles. The second-order valence-corrected chi connectivity index (χ2v) is 5.24. The Balaban J connectivity index is 0.000000304. The largest absolute Gasteiger partial charge is 0.357 e. The van der Waals surface area contributed by atoms with E-state index in [2.05, 4.69) is 42.5 Å². The van der Waals surface area contributed by atoms with Crippen molar-refractivity contribution in [2.75, 3.05) is 0 Å². The van der Waals surface area contributed by atoms with Gasteiger partial charge in [-0.3, -0.25) is 0 Å². The molecule has 6 heteroatoms. The average Bonchev–Trinajstić information content (AvgIpc) is 2.13. The molecule has 0 radical (unpaired) electrons. The summed E-state index contributed by atoms with van der Waals surface area (Å²) in [6.07, 6.45) is 5.79. The molecule has 0 bridgehead atoms. The fraction of sp³-hybridized carbons (Fsp3) is 0.818. The van der Waals surface area contributed by atoms with E-state index < -0.39 is 12.1 Å². The first kappa shape index (κ1) is 15.5. The Kier molecular flexibility index (Phi) is 6.38. The first-order valence-corrected chi connectivity index (χ1v) is 5.73. The maximum Gasteiger partial charge on any atom is 0.357 e. The van der Waals surface area contributed by atoms with Crippen LogP contribution in [0.3, 0.4) is 0 Å². The quantitative estimate of drug-likeness (QED) is 0.636. The number of amides is 4. The SMILES string of the molecule is CC1CCCC(C)(C)C1.NC(=O)/N=N/C(N)=O. The van der Waals surface area contributed by atoms with Gasteiger partial charge in [0.05, 0.1) is 0 Å². The van der Waals surface area contributed by atoms with Crippen LogP contribution in [0.4, 0.5) is 9.59 Å². The average molecular weight is 242 g/mol. The Morgan fingerprint density at radius 2 is 1.65 bits per heavy atom. The molecule has 0 spiro atoms. The molecule has 1 atom stereocenters. The number of hydrogen-bond donors (Lipinski definition) is 2. The summed E-state index contributed by atoms with van der Waals surface area (Å²) in [5.41, 5.74) is 9.52. The highest BCUT2D eigenvalue weighted by molar-refractivity contribution is 5.77. The Morgan fingerprint density at radius 1 is 1.18 bits per heavy atom. The van der Waals surface area contributed by atoms with Gasteiger partial charge in [0, 0.05) is 0 Å². The first-order chi connectivity index (χ1) is 7.73. The minimum Gasteiger partial charge on any atom is -0.348 e. The van der Waals surface area contributed by atoms with Crippen molar-refractivity contribution >= 4 is 12.1 Å². The van der Waals surface area contributed by atoms with Crippen molar-refractivity contribution in [2.24, 2.45) is 33.0 Å². The van der Waals surface area contributed by atoms with Crippen LogP contribution in [0.1, 0.15) is 46.5 Å². The van der Waals surface area contributed by atoms with Crippen LogP contribution >= 0.6 is 0 Å². The summed E-state index contributed by atoms with van der Waals surface area (Å²) in [5.74, 6) is 0.980. The summed E-state index contributed by atoms with van der Waals surface area (Å²) in [6, 6.07) is -2.08. The van der Waals surface area contributed by atoms with Gasteiger partial charge >= 0.3 is 12.1 Å². The fourth-order valence-corrected chi connectivity index (χ4v) is 2.18. The van der Waals surface area contributed by atoms with Crippen LogP contribution < -0.4 is 11.5 Å². The van der Waals surface area contributed by atoms with E-state index in [0.29, 0.717) is 5.41 Å². The third kappa shape index (κ3) is 9.47. The number of nitrogens with two attached hydrogens (primary N) is 2. The van der Waals surface area contributed by atoms with E-state index in [-0.39, 0.29) is 0 Å². The molecule has 17 heavy (non-hydrogen) atoms. The van der Waals surface area contributed by atoms with Crippen LogP contribution in [0.15, 0.2) is 10.2 Å². The highest BCUT2D eigenvalue weighted by atomic mass is 16.2. The molecule has 1 aliphatic carbocycles. The van der Waals surface area contributed by atoms with Crippen LogP contribution in [0.25, 0.3) is 0 Å².